The summed E-state index contributed by atoms with van der Waals surface area (Å²) in [4.78, 5) is 30.6. The zero-order chi connectivity index (χ0) is 26.5. The molecule has 3 heterocycles. The molecule has 2 aromatic heterocycles. The molecule has 0 radical (unpaired) electrons. The number of nitrogens with zero attached hydrogens (tertiary/aromatic N) is 3. The largest absolute Gasteiger partial charge is 0.484 e. The van der Waals surface area contributed by atoms with Gasteiger partial charge in [-0.3, -0.25) is 14.6 Å². The SMILES string of the molecule is O=C(Nc1c2c(nn1CCC1CC1)C[C@]1(CCc3cc(OCC(F)(F)F)ccc31)NC2=O)c1ccccn1. The number of fused-ring (bicyclic) bond motifs is 3. The van der Waals surface area contributed by atoms with Crippen molar-refractivity contribution in [3.63, 3.8) is 0 Å². The summed E-state index contributed by atoms with van der Waals surface area (Å²) in [5, 5.41) is 10.8. The van der Waals surface area contributed by atoms with Crippen molar-refractivity contribution in [3.05, 3.63) is 70.7 Å². The normalized spacial score (nSPS) is 20.1. The molecule has 1 aromatic carbocycles. The minimum atomic E-state index is -4.42. The molecule has 38 heavy (non-hydrogen) atoms. The minimum absolute atomic E-state index is 0.143. The van der Waals surface area contributed by atoms with Gasteiger partial charge in [-0.05, 0) is 60.6 Å². The molecule has 0 bridgehead atoms. The third-order valence-electron chi connectivity index (χ3n) is 7.47. The Hall–Kier alpha value is -3.89. The lowest BCUT2D eigenvalue weighted by Gasteiger charge is -2.35. The van der Waals surface area contributed by atoms with Gasteiger partial charge in [-0.25, -0.2) is 4.68 Å². The summed E-state index contributed by atoms with van der Waals surface area (Å²) in [6.45, 7) is -0.783. The highest BCUT2D eigenvalue weighted by molar-refractivity contribution is 6.08. The fourth-order valence-corrected chi connectivity index (χ4v) is 5.45. The molecule has 2 N–H and O–H groups in total. The highest BCUT2D eigenvalue weighted by Gasteiger charge is 2.46. The van der Waals surface area contributed by atoms with Crippen LogP contribution in [0.2, 0.25) is 0 Å². The second-order valence-corrected chi connectivity index (χ2v) is 10.2. The maximum absolute atomic E-state index is 13.6. The van der Waals surface area contributed by atoms with E-state index < -0.39 is 24.2 Å². The molecule has 11 heteroatoms. The van der Waals surface area contributed by atoms with Crippen molar-refractivity contribution < 1.29 is 27.5 Å². The Morgan fingerprint density at radius 3 is 2.82 bits per heavy atom. The van der Waals surface area contributed by atoms with Gasteiger partial charge in [-0.15, -0.1) is 0 Å². The summed E-state index contributed by atoms with van der Waals surface area (Å²) in [6.07, 6.45) is 1.94. The van der Waals surface area contributed by atoms with Crippen molar-refractivity contribution in [1.29, 1.82) is 0 Å². The number of halogens is 3. The Kier molecular flexibility index (Phi) is 5.88. The summed E-state index contributed by atoms with van der Waals surface area (Å²) < 4.78 is 44.4. The molecule has 1 atom stereocenters. The number of carbonyl (C=O) groups is 2. The van der Waals surface area contributed by atoms with Crippen LogP contribution in [0, 0.1) is 5.92 Å². The first-order valence-electron chi connectivity index (χ1n) is 12.7. The van der Waals surface area contributed by atoms with E-state index in [9.17, 15) is 22.8 Å². The van der Waals surface area contributed by atoms with Crippen LogP contribution in [0.15, 0.2) is 42.6 Å². The summed E-state index contributed by atoms with van der Waals surface area (Å²) in [7, 11) is 0. The molecule has 3 aromatic rings. The van der Waals surface area contributed by atoms with Crippen LogP contribution in [-0.4, -0.2) is 39.4 Å². The second-order valence-electron chi connectivity index (χ2n) is 10.2. The van der Waals surface area contributed by atoms with Crippen molar-refractivity contribution in [2.24, 2.45) is 5.92 Å². The van der Waals surface area contributed by atoms with E-state index >= 15 is 0 Å². The first-order valence-corrected chi connectivity index (χ1v) is 12.7. The van der Waals surface area contributed by atoms with Crippen LogP contribution in [-0.2, 0) is 24.9 Å². The Bertz CT molecular complexity index is 1400. The van der Waals surface area contributed by atoms with E-state index in [1.807, 2.05) is 0 Å². The third-order valence-corrected chi connectivity index (χ3v) is 7.47. The van der Waals surface area contributed by atoms with Crippen LogP contribution in [0.5, 0.6) is 5.75 Å². The molecular formula is C27H26F3N5O3. The molecule has 0 saturated heterocycles. The van der Waals surface area contributed by atoms with E-state index in [4.69, 9.17) is 9.84 Å². The molecule has 8 nitrogen and oxygen atoms in total. The van der Waals surface area contributed by atoms with E-state index in [2.05, 4.69) is 15.6 Å². The summed E-state index contributed by atoms with van der Waals surface area (Å²) in [5.41, 5.74) is 2.13. The highest BCUT2D eigenvalue weighted by atomic mass is 19.4. The van der Waals surface area contributed by atoms with Gasteiger partial charge in [-0.1, -0.05) is 25.0 Å². The molecule has 1 saturated carbocycles. The van der Waals surface area contributed by atoms with Crippen LogP contribution in [0.1, 0.15) is 63.4 Å². The molecule has 1 fully saturated rings. The Labute approximate surface area is 216 Å². The number of anilines is 1. The Morgan fingerprint density at radius 1 is 1.24 bits per heavy atom. The maximum Gasteiger partial charge on any atom is 0.422 e. The number of ether oxygens (including phenoxy) is 1. The number of amides is 2. The molecule has 6 rings (SSSR count). The van der Waals surface area contributed by atoms with Crippen LogP contribution in [0.4, 0.5) is 19.0 Å². The van der Waals surface area contributed by atoms with Crippen LogP contribution in [0.25, 0.3) is 0 Å². The van der Waals surface area contributed by atoms with Crippen molar-refractivity contribution in [2.75, 3.05) is 11.9 Å². The van der Waals surface area contributed by atoms with E-state index in [0.717, 1.165) is 17.5 Å². The van der Waals surface area contributed by atoms with Gasteiger partial charge in [-0.2, -0.15) is 18.3 Å². The number of benzene rings is 1. The lowest BCUT2D eigenvalue weighted by Crippen LogP contribution is -2.49. The first kappa shape index (κ1) is 24.4. The van der Waals surface area contributed by atoms with Crippen LogP contribution >= 0.6 is 0 Å². The summed E-state index contributed by atoms with van der Waals surface area (Å²) >= 11 is 0. The second kappa shape index (κ2) is 9.14. The predicted octanol–water partition coefficient (Wildman–Crippen LogP) is 4.40. The number of alkyl halides is 3. The van der Waals surface area contributed by atoms with Crippen LogP contribution in [0.3, 0.4) is 0 Å². The van der Waals surface area contributed by atoms with Gasteiger partial charge in [0.1, 0.15) is 22.8 Å². The summed E-state index contributed by atoms with van der Waals surface area (Å²) in [5.74, 6) is 0.367. The first-order chi connectivity index (χ1) is 18.2. The molecule has 1 aliphatic heterocycles. The number of pyridine rings is 1. The van der Waals surface area contributed by atoms with Gasteiger partial charge in [0.25, 0.3) is 11.8 Å². The van der Waals surface area contributed by atoms with Crippen molar-refractivity contribution in [2.45, 2.75) is 56.8 Å². The zero-order valence-electron chi connectivity index (χ0n) is 20.5. The third kappa shape index (κ3) is 4.72. The highest BCUT2D eigenvalue weighted by Crippen LogP contribution is 2.44. The van der Waals surface area contributed by atoms with Gasteiger partial charge in [0, 0.05) is 19.2 Å². The van der Waals surface area contributed by atoms with Crippen molar-refractivity contribution in [3.8, 4) is 5.75 Å². The van der Waals surface area contributed by atoms with E-state index in [1.165, 1.54) is 25.1 Å². The topological polar surface area (TPSA) is 98.1 Å². The number of nitrogens with one attached hydrogen (secondary N) is 2. The molecule has 2 amide bonds. The molecule has 1 spiro atoms. The molecular weight excluding hydrogens is 499 g/mol. The maximum atomic E-state index is 13.6. The monoisotopic (exact) mass is 525 g/mol. The fraction of sp³-hybridized carbons (Fsp3) is 0.407. The van der Waals surface area contributed by atoms with E-state index in [-0.39, 0.29) is 17.4 Å². The van der Waals surface area contributed by atoms with E-state index in [0.29, 0.717) is 48.8 Å². The molecule has 3 aliphatic rings. The number of hydrogen-bond donors (Lipinski definition) is 2. The van der Waals surface area contributed by atoms with Gasteiger partial charge >= 0.3 is 6.18 Å². The molecule has 2 aliphatic carbocycles. The molecule has 198 valence electrons. The van der Waals surface area contributed by atoms with Gasteiger partial charge < -0.3 is 15.4 Å². The van der Waals surface area contributed by atoms with Gasteiger partial charge in [0.15, 0.2) is 6.61 Å². The zero-order valence-corrected chi connectivity index (χ0v) is 20.5. The lowest BCUT2D eigenvalue weighted by molar-refractivity contribution is -0.153. The fourth-order valence-electron chi connectivity index (χ4n) is 5.45. The smallest absolute Gasteiger partial charge is 0.422 e. The minimum Gasteiger partial charge on any atom is -0.484 e. The number of aryl methyl sites for hydroxylation is 2. The Balaban J connectivity index is 1.30. The lowest BCUT2D eigenvalue weighted by atomic mass is 9.82. The Morgan fingerprint density at radius 2 is 2.08 bits per heavy atom. The number of rotatable bonds is 7. The average Bonchev–Trinajstić information content (AvgIpc) is 3.58. The van der Waals surface area contributed by atoms with E-state index in [1.54, 1.807) is 35.0 Å². The van der Waals surface area contributed by atoms with Crippen LogP contribution < -0.4 is 15.4 Å². The molecule has 0 unspecified atom stereocenters. The number of aromatic nitrogens is 3. The van der Waals surface area contributed by atoms with Gasteiger partial charge in [0.2, 0.25) is 0 Å². The number of carbonyl (C=O) groups excluding carboxylic acids is 2. The average molecular weight is 526 g/mol. The van der Waals surface area contributed by atoms with Crippen molar-refractivity contribution in [1.82, 2.24) is 20.1 Å². The van der Waals surface area contributed by atoms with Crippen molar-refractivity contribution >= 4 is 17.6 Å². The van der Waals surface area contributed by atoms with Gasteiger partial charge in [0.05, 0.1) is 11.2 Å². The predicted molar refractivity (Wildman–Crippen MR) is 131 cm³/mol. The quantitative estimate of drug-likeness (QED) is 0.477. The summed E-state index contributed by atoms with van der Waals surface area (Å²) in [6, 6.07) is 9.89. The standard InChI is InChI=1S/C27H26F3N5O3/c28-27(29,30)15-38-18-6-7-19-17(13-18)8-10-26(19)14-21-22(25(37)33-26)23(35(34-21)12-9-16-4-5-16)32-24(36)20-3-1-2-11-31-20/h1-3,6-7,11,13,16H,4-5,8-10,12,14-15H2,(H,32,36)(H,33,37)/t26-/m0/s1. The number of hydrogen-bond acceptors (Lipinski definition) is 5.